The van der Waals surface area contributed by atoms with Crippen molar-refractivity contribution in [2.75, 3.05) is 0 Å². The number of rotatable bonds is 0. The molecule has 0 aromatic heterocycles. The number of nitrogens with zero attached hydrogens (tertiary/aromatic N) is 3. The van der Waals surface area contributed by atoms with Gasteiger partial charge in [-0.1, -0.05) is 12.1 Å². The van der Waals surface area contributed by atoms with Crippen molar-refractivity contribution in [3.8, 4) is 0 Å². The molecule has 0 aliphatic carbocycles. The molecule has 1 heterocycles. The highest BCUT2D eigenvalue weighted by Crippen LogP contribution is 2.06. The third-order valence-corrected chi connectivity index (χ3v) is 1.52. The Morgan fingerprint density at radius 1 is 1.36 bits per heavy atom. The second-order valence-corrected chi connectivity index (χ2v) is 2.17. The van der Waals surface area contributed by atoms with E-state index in [1.807, 2.05) is 18.2 Å². The Bertz CT molecular complexity index is 419. The topological polar surface area (TPSA) is 63.1 Å². The summed E-state index contributed by atoms with van der Waals surface area (Å²) in [7, 11) is 0. The molecule has 1 aliphatic rings. The van der Waals surface area contributed by atoms with Gasteiger partial charge in [0.2, 0.25) is 0 Å². The van der Waals surface area contributed by atoms with Crippen LogP contribution in [0, 0.1) is 0 Å². The van der Waals surface area contributed by atoms with Crippen molar-refractivity contribution in [2.45, 2.75) is 0 Å². The molecule has 0 atom stereocenters. The van der Waals surface area contributed by atoms with E-state index in [0.29, 0.717) is 0 Å². The van der Waals surface area contributed by atoms with Crippen molar-refractivity contribution in [3.63, 3.8) is 0 Å². The molecule has 0 spiro atoms. The Hall–Kier alpha value is -1.71. The molecule has 0 fully saturated rings. The van der Waals surface area contributed by atoms with Gasteiger partial charge in [-0.25, -0.2) is 0 Å². The first-order valence-electron chi connectivity index (χ1n) is 3.21. The lowest BCUT2D eigenvalue weighted by Crippen LogP contribution is -2.24. The summed E-state index contributed by atoms with van der Waals surface area (Å²) in [6.07, 6.45) is 1.50. The fourth-order valence-corrected chi connectivity index (χ4v) is 0.988. The highest BCUT2D eigenvalue weighted by atomic mass is 15.4. The first-order valence-corrected chi connectivity index (χ1v) is 3.21. The molecule has 11 heavy (non-hydrogen) atoms. The zero-order valence-electron chi connectivity index (χ0n) is 5.73. The van der Waals surface area contributed by atoms with Crippen LogP contribution >= 0.6 is 0 Å². The fraction of sp³-hybridized carbons (Fsp3) is 0. The number of hydrogen-bond acceptors (Lipinski definition) is 4. The first-order chi connectivity index (χ1) is 5.42. The molecule has 4 heteroatoms. The average Bonchev–Trinajstić information content (AvgIpc) is 2.50. The maximum atomic E-state index is 5.35. The van der Waals surface area contributed by atoms with E-state index >= 15 is 0 Å². The summed E-state index contributed by atoms with van der Waals surface area (Å²) >= 11 is 0. The van der Waals surface area contributed by atoms with E-state index in [4.69, 9.17) is 5.73 Å². The van der Waals surface area contributed by atoms with Crippen molar-refractivity contribution < 1.29 is 0 Å². The van der Waals surface area contributed by atoms with Gasteiger partial charge in [0.25, 0.3) is 0 Å². The van der Waals surface area contributed by atoms with Crippen LogP contribution in [0.25, 0.3) is 6.20 Å². The molecule has 1 aromatic carbocycles. The number of fused-ring (bicyclic) bond motifs is 1. The molecule has 0 amide bonds. The zero-order chi connectivity index (χ0) is 7.68. The van der Waals surface area contributed by atoms with Gasteiger partial charge in [0.1, 0.15) is 11.0 Å². The van der Waals surface area contributed by atoms with E-state index in [1.54, 1.807) is 0 Å². The van der Waals surface area contributed by atoms with Gasteiger partial charge in [-0.2, -0.15) is 0 Å². The minimum absolute atomic E-state index is 0.759. The molecule has 0 bridgehead atoms. The molecular formula is C7H6N4. The Kier molecular flexibility index (Phi) is 1.18. The second-order valence-electron chi connectivity index (χ2n) is 2.17. The summed E-state index contributed by atoms with van der Waals surface area (Å²) in [5.74, 6) is 0. The van der Waals surface area contributed by atoms with E-state index in [2.05, 4.69) is 15.4 Å². The van der Waals surface area contributed by atoms with Gasteiger partial charge >= 0.3 is 0 Å². The largest absolute Gasteiger partial charge is 0.404 e. The third-order valence-electron chi connectivity index (χ3n) is 1.52. The summed E-state index contributed by atoms with van der Waals surface area (Å²) in [4.78, 5) is 0. The van der Waals surface area contributed by atoms with Gasteiger partial charge in [-0.3, -0.25) is 0 Å². The smallest absolute Gasteiger partial charge is 0.124 e. The van der Waals surface area contributed by atoms with E-state index in [-0.39, 0.29) is 0 Å². The predicted octanol–water partition coefficient (Wildman–Crippen LogP) is 0.0152. The van der Waals surface area contributed by atoms with Crippen molar-refractivity contribution >= 4 is 11.9 Å². The summed E-state index contributed by atoms with van der Waals surface area (Å²) < 4.78 is 0. The maximum Gasteiger partial charge on any atom is 0.124 e. The van der Waals surface area contributed by atoms with Gasteiger partial charge in [-0.05, 0) is 11.3 Å². The molecule has 1 aliphatic heterocycles. The Morgan fingerprint density at radius 2 is 2.27 bits per heavy atom. The standard InChI is InChI=1S/C7H6N4/c8-4-5-2-1-3-6-7(5)10-11-9-6/h1-4H,8H2. The van der Waals surface area contributed by atoms with Crippen molar-refractivity contribution in [1.82, 2.24) is 0 Å². The van der Waals surface area contributed by atoms with Gasteiger partial charge < -0.3 is 5.73 Å². The lowest BCUT2D eigenvalue weighted by Gasteiger charge is -1.85. The molecule has 0 saturated carbocycles. The summed E-state index contributed by atoms with van der Waals surface area (Å²) in [6.45, 7) is 0. The van der Waals surface area contributed by atoms with Crippen LogP contribution in [0.2, 0.25) is 0 Å². The SMILES string of the molecule is NC=c1cccc2c1=NN=N2. The average molecular weight is 146 g/mol. The van der Waals surface area contributed by atoms with Crippen LogP contribution in [0.1, 0.15) is 0 Å². The molecular weight excluding hydrogens is 140 g/mol. The van der Waals surface area contributed by atoms with Crippen molar-refractivity contribution in [2.24, 2.45) is 21.2 Å². The predicted molar refractivity (Wildman–Crippen MR) is 40.4 cm³/mol. The van der Waals surface area contributed by atoms with Crippen LogP contribution in [0.3, 0.4) is 0 Å². The second kappa shape index (κ2) is 2.16. The summed E-state index contributed by atoms with van der Waals surface area (Å²) in [5, 5.41) is 12.8. The Morgan fingerprint density at radius 3 is 3.09 bits per heavy atom. The van der Waals surface area contributed by atoms with Crippen LogP contribution in [-0.2, 0) is 0 Å². The summed E-state index contributed by atoms with van der Waals surface area (Å²) in [6, 6.07) is 5.60. The minimum Gasteiger partial charge on any atom is -0.404 e. The molecule has 0 saturated heterocycles. The van der Waals surface area contributed by atoms with E-state index in [9.17, 15) is 0 Å². The van der Waals surface area contributed by atoms with E-state index in [0.717, 1.165) is 16.3 Å². The van der Waals surface area contributed by atoms with E-state index in [1.165, 1.54) is 6.20 Å². The van der Waals surface area contributed by atoms with Crippen LogP contribution in [0.15, 0.2) is 33.6 Å². The highest BCUT2D eigenvalue weighted by Gasteiger charge is 1.99. The molecule has 2 N–H and O–H groups in total. The van der Waals surface area contributed by atoms with Crippen molar-refractivity contribution in [3.05, 3.63) is 28.8 Å². The molecule has 2 rings (SSSR count). The van der Waals surface area contributed by atoms with Crippen LogP contribution in [-0.4, -0.2) is 0 Å². The molecule has 54 valence electrons. The highest BCUT2D eigenvalue weighted by molar-refractivity contribution is 5.39. The van der Waals surface area contributed by atoms with Gasteiger partial charge in [0.05, 0.1) is 0 Å². The van der Waals surface area contributed by atoms with Crippen LogP contribution < -0.4 is 16.3 Å². The molecule has 4 nitrogen and oxygen atoms in total. The molecule has 0 radical (unpaired) electrons. The Labute approximate surface area is 62.8 Å². The van der Waals surface area contributed by atoms with Gasteiger partial charge in [0.15, 0.2) is 0 Å². The number of benzene rings is 1. The molecule has 1 aromatic rings. The van der Waals surface area contributed by atoms with E-state index < -0.39 is 0 Å². The normalized spacial score (nSPS) is 14.7. The monoisotopic (exact) mass is 146 g/mol. The van der Waals surface area contributed by atoms with Gasteiger partial charge in [0, 0.05) is 11.4 Å². The number of hydrogen-bond donors (Lipinski definition) is 1. The van der Waals surface area contributed by atoms with Gasteiger partial charge in [-0.15, -0.1) is 10.2 Å². The quantitative estimate of drug-likeness (QED) is 0.550. The fourth-order valence-electron chi connectivity index (χ4n) is 0.988. The minimum atomic E-state index is 0.759. The van der Waals surface area contributed by atoms with Crippen molar-refractivity contribution in [1.29, 1.82) is 0 Å². The van der Waals surface area contributed by atoms with Crippen LogP contribution in [0.5, 0.6) is 0 Å². The summed E-state index contributed by atoms with van der Waals surface area (Å²) in [5.41, 5.74) is 6.14. The lowest BCUT2D eigenvalue weighted by molar-refractivity contribution is 1.08. The third kappa shape index (κ3) is 0.797. The molecule has 0 unspecified atom stereocenters. The van der Waals surface area contributed by atoms with Crippen LogP contribution in [0.4, 0.5) is 5.69 Å². The zero-order valence-corrected chi connectivity index (χ0v) is 5.73. The Balaban J connectivity index is 2.93. The maximum absolute atomic E-state index is 5.35. The lowest BCUT2D eigenvalue weighted by atomic mass is 10.2. The number of nitrogens with two attached hydrogens (primary N) is 1. The first kappa shape index (κ1) is 6.03.